The molecule has 1 aromatic carbocycles. The van der Waals surface area contributed by atoms with Gasteiger partial charge in [0.15, 0.2) is 0 Å². The highest BCUT2D eigenvalue weighted by Gasteiger charge is 2.28. The number of benzene rings is 1. The van der Waals surface area contributed by atoms with Crippen molar-refractivity contribution >= 4 is 11.8 Å². The molecule has 1 unspecified atom stereocenters. The average molecular weight is 445 g/mol. The molecule has 0 bridgehead atoms. The Bertz CT molecular complexity index is 868. The summed E-state index contributed by atoms with van der Waals surface area (Å²) in [4.78, 5) is 30.0. The van der Waals surface area contributed by atoms with E-state index in [1.165, 1.54) is 14.2 Å². The van der Waals surface area contributed by atoms with Gasteiger partial charge >= 0.3 is 0 Å². The second kappa shape index (κ2) is 11.0. The van der Waals surface area contributed by atoms with Crippen molar-refractivity contribution < 1.29 is 28.2 Å². The van der Waals surface area contributed by atoms with Crippen LogP contribution in [0.1, 0.15) is 42.8 Å². The Morgan fingerprint density at radius 1 is 1.16 bits per heavy atom. The smallest absolute Gasteiger partial charge is 0.254 e. The Balaban J connectivity index is 1.78. The minimum Gasteiger partial charge on any atom is -0.497 e. The first kappa shape index (κ1) is 23.7. The van der Waals surface area contributed by atoms with Gasteiger partial charge in [0.2, 0.25) is 5.91 Å². The SMILES string of the molecule is COc1cc(OC)cc(C(=O)N(CC(=O)N(Cc2ccco2)CC2CCCO2)C(C)C)c1. The fraction of sp³-hybridized carbons (Fsp3) is 0.500. The molecule has 0 N–H and O–H groups in total. The number of furan rings is 1. The standard InChI is InChI=1S/C24H32N2O6/c1-17(2)26(24(28)18-11-21(29-3)13-22(12-18)30-4)16-23(27)25(14-19-7-5-9-31-19)15-20-8-6-10-32-20/h5,7,9,11-13,17,20H,6,8,10,14-16H2,1-4H3. The molecule has 0 spiro atoms. The van der Waals surface area contributed by atoms with Crippen molar-refractivity contribution in [3.05, 3.63) is 47.9 Å². The van der Waals surface area contributed by atoms with Gasteiger partial charge in [-0.2, -0.15) is 0 Å². The number of carbonyl (C=O) groups excluding carboxylic acids is 2. The number of hydrogen-bond acceptors (Lipinski definition) is 6. The minimum atomic E-state index is -0.263. The molecule has 1 aromatic heterocycles. The normalized spacial score (nSPS) is 15.6. The molecule has 1 aliphatic rings. The van der Waals surface area contributed by atoms with E-state index >= 15 is 0 Å². The second-order valence-electron chi connectivity index (χ2n) is 8.12. The molecule has 1 atom stereocenters. The summed E-state index contributed by atoms with van der Waals surface area (Å²) >= 11 is 0. The maximum absolute atomic E-state index is 13.3. The molecule has 1 saturated heterocycles. The number of nitrogens with zero attached hydrogens (tertiary/aromatic N) is 2. The molecule has 0 saturated carbocycles. The highest BCUT2D eigenvalue weighted by molar-refractivity contribution is 5.97. The Hall–Kier alpha value is -3.00. The van der Waals surface area contributed by atoms with Crippen LogP contribution in [0.15, 0.2) is 41.0 Å². The van der Waals surface area contributed by atoms with Crippen molar-refractivity contribution in [2.45, 2.75) is 45.4 Å². The summed E-state index contributed by atoms with van der Waals surface area (Å²) in [6.45, 7) is 5.23. The van der Waals surface area contributed by atoms with E-state index in [0.717, 1.165) is 12.8 Å². The van der Waals surface area contributed by atoms with Crippen LogP contribution in [-0.2, 0) is 16.1 Å². The lowest BCUT2D eigenvalue weighted by Gasteiger charge is -2.31. The summed E-state index contributed by atoms with van der Waals surface area (Å²) in [6, 6.07) is 8.45. The van der Waals surface area contributed by atoms with Crippen LogP contribution < -0.4 is 9.47 Å². The molecule has 2 amide bonds. The first-order valence-electron chi connectivity index (χ1n) is 10.9. The van der Waals surface area contributed by atoms with Crippen LogP contribution >= 0.6 is 0 Å². The maximum Gasteiger partial charge on any atom is 0.254 e. The van der Waals surface area contributed by atoms with E-state index in [1.807, 2.05) is 19.9 Å². The van der Waals surface area contributed by atoms with Crippen LogP contribution in [0.3, 0.4) is 0 Å². The zero-order valence-electron chi connectivity index (χ0n) is 19.2. The van der Waals surface area contributed by atoms with Crippen molar-refractivity contribution in [2.24, 2.45) is 0 Å². The number of carbonyl (C=O) groups is 2. The molecule has 2 aromatic rings. The third kappa shape index (κ3) is 6.03. The summed E-state index contributed by atoms with van der Waals surface area (Å²) < 4.78 is 21.8. The number of methoxy groups -OCH3 is 2. The summed E-state index contributed by atoms with van der Waals surface area (Å²) in [6.07, 6.45) is 3.49. The lowest BCUT2D eigenvalue weighted by atomic mass is 10.1. The molecule has 0 radical (unpaired) electrons. The van der Waals surface area contributed by atoms with Crippen molar-refractivity contribution in [1.82, 2.24) is 9.80 Å². The Morgan fingerprint density at radius 3 is 2.41 bits per heavy atom. The highest BCUT2D eigenvalue weighted by atomic mass is 16.5. The van der Waals surface area contributed by atoms with Gasteiger partial charge < -0.3 is 28.4 Å². The Morgan fingerprint density at radius 2 is 1.88 bits per heavy atom. The Kier molecular flexibility index (Phi) is 8.16. The summed E-state index contributed by atoms with van der Waals surface area (Å²) in [7, 11) is 3.06. The van der Waals surface area contributed by atoms with E-state index in [-0.39, 0.29) is 30.5 Å². The lowest BCUT2D eigenvalue weighted by Crippen LogP contribution is -2.47. The number of ether oxygens (including phenoxy) is 3. The minimum absolute atomic E-state index is 0.000223. The molecule has 174 valence electrons. The number of hydrogen-bond donors (Lipinski definition) is 0. The molecule has 0 aliphatic carbocycles. The Labute approximate surface area is 189 Å². The van der Waals surface area contributed by atoms with Gasteiger partial charge in [-0.3, -0.25) is 9.59 Å². The van der Waals surface area contributed by atoms with Crippen molar-refractivity contribution in [3.8, 4) is 11.5 Å². The topological polar surface area (TPSA) is 81.5 Å². The van der Waals surface area contributed by atoms with Crippen LogP contribution in [-0.4, -0.2) is 67.7 Å². The van der Waals surface area contributed by atoms with Crippen molar-refractivity contribution in [2.75, 3.05) is 33.9 Å². The molecular formula is C24H32N2O6. The lowest BCUT2D eigenvalue weighted by molar-refractivity contribution is -0.134. The van der Waals surface area contributed by atoms with E-state index in [4.69, 9.17) is 18.6 Å². The molecular weight excluding hydrogens is 412 g/mol. The summed E-state index contributed by atoms with van der Waals surface area (Å²) in [5, 5.41) is 0. The van der Waals surface area contributed by atoms with E-state index < -0.39 is 0 Å². The number of amides is 2. The van der Waals surface area contributed by atoms with Gasteiger partial charge in [-0.1, -0.05) is 0 Å². The van der Waals surface area contributed by atoms with Crippen LogP contribution in [0.5, 0.6) is 11.5 Å². The molecule has 32 heavy (non-hydrogen) atoms. The van der Waals surface area contributed by atoms with E-state index in [9.17, 15) is 9.59 Å². The third-order valence-corrected chi connectivity index (χ3v) is 5.52. The molecule has 8 heteroatoms. The molecule has 2 heterocycles. The molecule has 8 nitrogen and oxygen atoms in total. The van der Waals surface area contributed by atoms with Gasteiger partial charge in [0.1, 0.15) is 23.8 Å². The highest BCUT2D eigenvalue weighted by Crippen LogP contribution is 2.24. The molecule has 1 fully saturated rings. The fourth-order valence-electron chi connectivity index (χ4n) is 3.71. The predicted octanol–water partition coefficient (Wildman–Crippen LogP) is 3.36. The third-order valence-electron chi connectivity index (χ3n) is 5.52. The summed E-state index contributed by atoms with van der Waals surface area (Å²) in [5.41, 5.74) is 0.402. The van der Waals surface area contributed by atoms with Crippen molar-refractivity contribution in [1.29, 1.82) is 0 Å². The van der Waals surface area contributed by atoms with E-state index in [1.54, 1.807) is 40.3 Å². The zero-order valence-corrected chi connectivity index (χ0v) is 19.2. The second-order valence-corrected chi connectivity index (χ2v) is 8.12. The van der Waals surface area contributed by atoms with Gasteiger partial charge in [0.25, 0.3) is 5.91 Å². The predicted molar refractivity (Wildman–Crippen MR) is 119 cm³/mol. The molecule has 1 aliphatic heterocycles. The van der Waals surface area contributed by atoms with Gasteiger partial charge in [-0.05, 0) is 51.0 Å². The first-order chi connectivity index (χ1) is 15.4. The van der Waals surface area contributed by atoms with E-state index in [2.05, 4.69) is 0 Å². The van der Waals surface area contributed by atoms with Crippen LogP contribution in [0.25, 0.3) is 0 Å². The van der Waals surface area contributed by atoms with Crippen LogP contribution in [0.2, 0.25) is 0 Å². The maximum atomic E-state index is 13.3. The number of rotatable bonds is 10. The van der Waals surface area contributed by atoms with Crippen molar-refractivity contribution in [3.63, 3.8) is 0 Å². The summed E-state index contributed by atoms with van der Waals surface area (Å²) in [5.74, 6) is 1.30. The first-order valence-corrected chi connectivity index (χ1v) is 10.9. The quantitative estimate of drug-likeness (QED) is 0.559. The van der Waals surface area contributed by atoms with Gasteiger partial charge in [-0.25, -0.2) is 0 Å². The van der Waals surface area contributed by atoms with Crippen LogP contribution in [0, 0.1) is 0 Å². The zero-order chi connectivity index (χ0) is 23.1. The largest absolute Gasteiger partial charge is 0.497 e. The monoisotopic (exact) mass is 444 g/mol. The van der Waals surface area contributed by atoms with Gasteiger partial charge in [0, 0.05) is 30.8 Å². The fourth-order valence-corrected chi connectivity index (χ4v) is 3.71. The molecule has 3 rings (SSSR count). The van der Waals surface area contributed by atoms with Crippen LogP contribution in [0.4, 0.5) is 0 Å². The van der Waals surface area contributed by atoms with E-state index in [0.29, 0.717) is 42.5 Å². The van der Waals surface area contributed by atoms with Gasteiger partial charge in [-0.15, -0.1) is 0 Å². The van der Waals surface area contributed by atoms with Gasteiger partial charge in [0.05, 0.1) is 33.1 Å². The average Bonchev–Trinajstić information content (AvgIpc) is 3.50.